The summed E-state index contributed by atoms with van der Waals surface area (Å²) < 4.78 is 0. The fourth-order valence-electron chi connectivity index (χ4n) is 2.34. The van der Waals surface area contributed by atoms with Gasteiger partial charge in [0, 0.05) is 12.2 Å². The Balaban J connectivity index is 2.29. The van der Waals surface area contributed by atoms with Gasteiger partial charge in [0.2, 0.25) is 5.91 Å². The molecule has 1 aromatic carbocycles. The molecule has 0 spiro atoms. The second-order valence-electron chi connectivity index (χ2n) is 4.63. The third-order valence-electron chi connectivity index (χ3n) is 3.26. The molecule has 1 aromatic rings. The number of anilines is 1. The molecule has 7 nitrogen and oxygen atoms in total. The Morgan fingerprint density at radius 2 is 2.05 bits per heavy atom. The molecule has 1 aliphatic rings. The lowest BCUT2D eigenvalue weighted by molar-refractivity contribution is -0.138. The van der Waals surface area contributed by atoms with Gasteiger partial charge in [0.05, 0.1) is 0 Å². The summed E-state index contributed by atoms with van der Waals surface area (Å²) in [6.07, 6.45) is 0. The fraction of sp³-hybridized carbons (Fsp3) is 0.308. The number of carboxylic acid groups (broad SMARTS) is 1. The van der Waals surface area contributed by atoms with Crippen molar-refractivity contribution in [3.8, 4) is 0 Å². The standard InChI is InChI=1S/C13H15N3O4/c1-7(15-13(14)20)11(17)16-6-9(12(18)19)8-4-2-3-5-10(8)16/h2-5,7,9H,6H2,1H3,(H,18,19)(H3,14,15,20). The minimum atomic E-state index is -0.983. The summed E-state index contributed by atoms with van der Waals surface area (Å²) in [5.41, 5.74) is 6.14. The van der Waals surface area contributed by atoms with Gasteiger partial charge in [-0.2, -0.15) is 0 Å². The van der Waals surface area contributed by atoms with Crippen LogP contribution in [0.4, 0.5) is 10.5 Å². The number of carbonyl (C=O) groups excluding carboxylic acids is 2. The first-order valence-electron chi connectivity index (χ1n) is 6.11. The monoisotopic (exact) mass is 277 g/mol. The maximum absolute atomic E-state index is 12.3. The largest absolute Gasteiger partial charge is 0.481 e. The molecule has 0 aliphatic carbocycles. The average Bonchev–Trinajstić information content (AvgIpc) is 2.76. The van der Waals surface area contributed by atoms with Crippen molar-refractivity contribution in [2.75, 3.05) is 11.4 Å². The Labute approximate surface area is 115 Å². The van der Waals surface area contributed by atoms with Crippen LogP contribution in [0.25, 0.3) is 0 Å². The topological polar surface area (TPSA) is 113 Å². The summed E-state index contributed by atoms with van der Waals surface area (Å²) in [7, 11) is 0. The molecule has 0 aromatic heterocycles. The van der Waals surface area contributed by atoms with Crippen LogP contribution < -0.4 is 16.0 Å². The first-order valence-corrected chi connectivity index (χ1v) is 6.11. The van der Waals surface area contributed by atoms with Gasteiger partial charge in [0.15, 0.2) is 0 Å². The molecule has 106 valence electrons. The Hall–Kier alpha value is -2.57. The van der Waals surface area contributed by atoms with E-state index < -0.39 is 24.0 Å². The number of carbonyl (C=O) groups is 3. The van der Waals surface area contributed by atoms with Gasteiger partial charge < -0.3 is 21.1 Å². The van der Waals surface area contributed by atoms with Crippen LogP contribution in [-0.2, 0) is 9.59 Å². The highest BCUT2D eigenvalue weighted by Gasteiger charge is 2.37. The van der Waals surface area contributed by atoms with Gasteiger partial charge >= 0.3 is 12.0 Å². The zero-order valence-corrected chi connectivity index (χ0v) is 10.9. The lowest BCUT2D eigenvalue weighted by Gasteiger charge is -2.21. The number of hydrogen-bond acceptors (Lipinski definition) is 3. The number of rotatable bonds is 3. The van der Waals surface area contributed by atoms with E-state index in [2.05, 4.69) is 5.32 Å². The number of primary amides is 1. The van der Waals surface area contributed by atoms with Gasteiger partial charge in [-0.05, 0) is 18.6 Å². The highest BCUT2D eigenvalue weighted by atomic mass is 16.4. The molecular formula is C13H15N3O4. The number of urea groups is 1. The van der Waals surface area contributed by atoms with Crippen LogP contribution >= 0.6 is 0 Å². The molecule has 2 atom stereocenters. The summed E-state index contributed by atoms with van der Waals surface area (Å²) >= 11 is 0. The number of nitrogens with zero attached hydrogens (tertiary/aromatic N) is 1. The molecule has 4 N–H and O–H groups in total. The number of para-hydroxylation sites is 1. The van der Waals surface area contributed by atoms with Crippen LogP contribution in [0.3, 0.4) is 0 Å². The quantitative estimate of drug-likeness (QED) is 0.735. The molecule has 0 radical (unpaired) electrons. The van der Waals surface area contributed by atoms with Crippen LogP contribution in [-0.4, -0.2) is 35.6 Å². The molecule has 1 aliphatic heterocycles. The van der Waals surface area contributed by atoms with E-state index in [1.807, 2.05) is 0 Å². The molecule has 7 heteroatoms. The second kappa shape index (κ2) is 5.20. The van der Waals surface area contributed by atoms with Crippen LogP contribution in [0.2, 0.25) is 0 Å². The van der Waals surface area contributed by atoms with Crippen LogP contribution in [0, 0.1) is 0 Å². The van der Waals surface area contributed by atoms with E-state index >= 15 is 0 Å². The Morgan fingerprint density at radius 3 is 2.65 bits per heavy atom. The molecule has 2 rings (SSSR count). The Kier molecular flexibility index (Phi) is 3.60. The van der Waals surface area contributed by atoms with E-state index in [1.54, 1.807) is 24.3 Å². The highest BCUT2D eigenvalue weighted by Crippen LogP contribution is 2.36. The van der Waals surface area contributed by atoms with Gasteiger partial charge in [-0.1, -0.05) is 18.2 Å². The number of fused-ring (bicyclic) bond motifs is 1. The number of aliphatic carboxylic acids is 1. The highest BCUT2D eigenvalue weighted by molar-refractivity contribution is 6.02. The zero-order valence-electron chi connectivity index (χ0n) is 10.9. The molecule has 0 saturated carbocycles. The van der Waals surface area contributed by atoms with Crippen LogP contribution in [0.15, 0.2) is 24.3 Å². The first-order chi connectivity index (χ1) is 9.41. The molecule has 0 saturated heterocycles. The minimum Gasteiger partial charge on any atom is -0.481 e. The van der Waals surface area contributed by atoms with Crippen molar-refractivity contribution in [2.24, 2.45) is 5.73 Å². The van der Waals surface area contributed by atoms with Crippen molar-refractivity contribution in [1.82, 2.24) is 5.32 Å². The molecule has 0 fully saturated rings. The summed E-state index contributed by atoms with van der Waals surface area (Å²) in [5.74, 6) is -2.13. The van der Waals surface area contributed by atoms with Crippen molar-refractivity contribution in [2.45, 2.75) is 18.9 Å². The van der Waals surface area contributed by atoms with E-state index in [4.69, 9.17) is 5.73 Å². The van der Waals surface area contributed by atoms with Crippen LogP contribution in [0.1, 0.15) is 18.4 Å². The summed E-state index contributed by atoms with van der Waals surface area (Å²) in [5, 5.41) is 11.5. The average molecular weight is 277 g/mol. The van der Waals surface area contributed by atoms with Gasteiger partial charge in [0.1, 0.15) is 12.0 Å². The number of amides is 3. The van der Waals surface area contributed by atoms with Gasteiger partial charge in [-0.15, -0.1) is 0 Å². The van der Waals surface area contributed by atoms with Crippen molar-refractivity contribution >= 4 is 23.6 Å². The van der Waals surface area contributed by atoms with Crippen LogP contribution in [0.5, 0.6) is 0 Å². The van der Waals surface area contributed by atoms with Gasteiger partial charge in [0.25, 0.3) is 0 Å². The van der Waals surface area contributed by atoms with Crippen molar-refractivity contribution in [3.63, 3.8) is 0 Å². The third kappa shape index (κ3) is 2.42. The third-order valence-corrected chi connectivity index (χ3v) is 3.26. The van der Waals surface area contributed by atoms with E-state index in [0.717, 1.165) is 0 Å². The molecule has 2 unspecified atom stereocenters. The maximum atomic E-state index is 12.3. The van der Waals surface area contributed by atoms with E-state index in [9.17, 15) is 19.5 Å². The number of nitrogens with two attached hydrogens (primary N) is 1. The normalized spacial score (nSPS) is 18.2. The van der Waals surface area contributed by atoms with Crippen molar-refractivity contribution < 1.29 is 19.5 Å². The minimum absolute atomic E-state index is 0.0539. The lowest BCUT2D eigenvalue weighted by Crippen LogP contribution is -2.48. The zero-order chi connectivity index (χ0) is 14.9. The fourth-order valence-corrected chi connectivity index (χ4v) is 2.34. The SMILES string of the molecule is CC(NC(N)=O)C(=O)N1CC(C(=O)O)c2ccccc21. The van der Waals surface area contributed by atoms with E-state index in [1.165, 1.54) is 11.8 Å². The number of benzene rings is 1. The van der Waals surface area contributed by atoms with E-state index in [0.29, 0.717) is 11.3 Å². The predicted molar refractivity (Wildman–Crippen MR) is 71.4 cm³/mol. The predicted octanol–water partition coefficient (Wildman–Crippen LogP) is 0.258. The second-order valence-corrected chi connectivity index (χ2v) is 4.63. The first kappa shape index (κ1) is 13.9. The summed E-state index contributed by atoms with van der Waals surface area (Å²) in [6, 6.07) is 5.23. The molecular weight excluding hydrogens is 262 g/mol. The maximum Gasteiger partial charge on any atom is 0.312 e. The molecule has 0 bridgehead atoms. The van der Waals surface area contributed by atoms with Gasteiger partial charge in [-0.25, -0.2) is 4.79 Å². The number of nitrogens with one attached hydrogen (secondary N) is 1. The van der Waals surface area contributed by atoms with Crippen molar-refractivity contribution in [1.29, 1.82) is 0 Å². The number of carboxylic acids is 1. The Bertz CT molecular complexity index is 572. The summed E-state index contributed by atoms with van der Waals surface area (Å²) in [6.45, 7) is 1.56. The van der Waals surface area contributed by atoms with Gasteiger partial charge in [-0.3, -0.25) is 9.59 Å². The lowest BCUT2D eigenvalue weighted by atomic mass is 10.0. The Morgan fingerprint density at radius 1 is 1.40 bits per heavy atom. The van der Waals surface area contributed by atoms with Crippen molar-refractivity contribution in [3.05, 3.63) is 29.8 Å². The molecule has 20 heavy (non-hydrogen) atoms. The summed E-state index contributed by atoms with van der Waals surface area (Å²) in [4.78, 5) is 35.7. The molecule has 3 amide bonds. The molecule has 1 heterocycles. The van der Waals surface area contributed by atoms with E-state index in [-0.39, 0.29) is 12.5 Å². The smallest absolute Gasteiger partial charge is 0.312 e. The number of hydrogen-bond donors (Lipinski definition) is 3.